The Morgan fingerprint density at radius 1 is 1.55 bits per heavy atom. The van der Waals surface area contributed by atoms with Crippen molar-refractivity contribution in [1.82, 2.24) is 4.98 Å². The summed E-state index contributed by atoms with van der Waals surface area (Å²) in [6, 6.07) is 3.77. The van der Waals surface area contributed by atoms with Gasteiger partial charge in [0.05, 0.1) is 5.69 Å². The van der Waals surface area contributed by atoms with Crippen LogP contribution in [0.3, 0.4) is 0 Å². The third-order valence-electron chi connectivity index (χ3n) is 1.26. The lowest BCUT2D eigenvalue weighted by Gasteiger charge is -1.99. The highest BCUT2D eigenvalue weighted by Crippen LogP contribution is 2.14. The Morgan fingerprint density at radius 3 is 2.82 bits per heavy atom. The van der Waals surface area contributed by atoms with Gasteiger partial charge in [0, 0.05) is 16.5 Å². The number of rotatable bonds is 2. The molecule has 0 radical (unpaired) electrons. The summed E-state index contributed by atoms with van der Waals surface area (Å²) >= 11 is 7.59. The topological polar surface area (TPSA) is 12.9 Å². The predicted octanol–water partition coefficient (Wildman–Crippen LogP) is 2.91. The van der Waals surface area contributed by atoms with Gasteiger partial charge in [-0.05, 0) is 25.3 Å². The molecule has 60 valence electrons. The van der Waals surface area contributed by atoms with Crippen LogP contribution in [0.15, 0.2) is 12.1 Å². The lowest BCUT2D eigenvalue weighted by Crippen LogP contribution is -1.88. The van der Waals surface area contributed by atoms with Crippen molar-refractivity contribution in [2.45, 2.75) is 12.7 Å². The van der Waals surface area contributed by atoms with Gasteiger partial charge in [-0.1, -0.05) is 11.6 Å². The number of nitrogens with zero attached hydrogens (tertiary/aromatic N) is 1. The minimum absolute atomic E-state index is 0.779. The quantitative estimate of drug-likeness (QED) is 0.706. The van der Waals surface area contributed by atoms with Crippen molar-refractivity contribution in [1.29, 1.82) is 0 Å². The third kappa shape index (κ3) is 2.72. The van der Waals surface area contributed by atoms with Crippen LogP contribution in [0.1, 0.15) is 11.4 Å². The summed E-state index contributed by atoms with van der Waals surface area (Å²) in [6.07, 6.45) is 2.05. The minimum atomic E-state index is 0.779. The van der Waals surface area contributed by atoms with Crippen molar-refractivity contribution in [3.63, 3.8) is 0 Å². The summed E-state index contributed by atoms with van der Waals surface area (Å²) in [5, 5.41) is 0.779. The second kappa shape index (κ2) is 3.98. The Hall–Kier alpha value is -0.210. The van der Waals surface area contributed by atoms with E-state index in [0.29, 0.717) is 0 Å². The Labute approximate surface area is 76.2 Å². The van der Waals surface area contributed by atoms with Gasteiger partial charge in [0.2, 0.25) is 0 Å². The number of halogens is 1. The van der Waals surface area contributed by atoms with Gasteiger partial charge >= 0.3 is 0 Å². The van der Waals surface area contributed by atoms with E-state index in [4.69, 9.17) is 11.6 Å². The van der Waals surface area contributed by atoms with Crippen molar-refractivity contribution >= 4 is 23.4 Å². The molecule has 0 aliphatic rings. The van der Waals surface area contributed by atoms with Crippen LogP contribution in [0.2, 0.25) is 5.02 Å². The number of aryl methyl sites for hydroxylation is 1. The fourth-order valence-corrected chi connectivity index (χ4v) is 1.64. The van der Waals surface area contributed by atoms with Gasteiger partial charge in [-0.25, -0.2) is 0 Å². The number of hydrogen-bond donors (Lipinski definition) is 0. The average molecular weight is 188 g/mol. The molecular weight excluding hydrogens is 178 g/mol. The predicted molar refractivity (Wildman–Crippen MR) is 51.2 cm³/mol. The summed E-state index contributed by atoms with van der Waals surface area (Å²) in [4.78, 5) is 4.32. The van der Waals surface area contributed by atoms with E-state index in [1.54, 1.807) is 11.8 Å². The Kier molecular flexibility index (Phi) is 3.21. The van der Waals surface area contributed by atoms with Crippen LogP contribution in [0.4, 0.5) is 0 Å². The lowest BCUT2D eigenvalue weighted by molar-refractivity contribution is 1.11. The molecule has 0 aliphatic heterocycles. The third-order valence-corrected chi connectivity index (χ3v) is 2.07. The first-order valence-corrected chi connectivity index (χ1v) is 5.11. The van der Waals surface area contributed by atoms with Crippen molar-refractivity contribution in [3.05, 3.63) is 28.5 Å². The zero-order chi connectivity index (χ0) is 8.27. The zero-order valence-electron chi connectivity index (χ0n) is 6.60. The summed E-state index contributed by atoms with van der Waals surface area (Å²) in [6.45, 7) is 1.95. The molecule has 1 aromatic rings. The molecule has 1 rings (SSSR count). The van der Waals surface area contributed by atoms with Crippen LogP contribution in [-0.4, -0.2) is 11.2 Å². The molecule has 11 heavy (non-hydrogen) atoms. The van der Waals surface area contributed by atoms with Gasteiger partial charge in [0.1, 0.15) is 0 Å². The molecule has 1 aromatic heterocycles. The molecule has 0 fully saturated rings. The molecule has 0 saturated heterocycles. The fourth-order valence-electron chi connectivity index (χ4n) is 0.913. The second-order valence-corrected chi connectivity index (χ2v) is 3.65. The van der Waals surface area contributed by atoms with Crippen molar-refractivity contribution in [2.75, 3.05) is 6.26 Å². The molecule has 1 nitrogen and oxygen atoms in total. The molecule has 0 atom stereocenters. The lowest BCUT2D eigenvalue weighted by atomic mass is 10.3. The monoisotopic (exact) mass is 187 g/mol. The molecule has 1 heterocycles. The highest BCUT2D eigenvalue weighted by Gasteiger charge is 1.96. The molecule has 0 bridgehead atoms. The van der Waals surface area contributed by atoms with Gasteiger partial charge in [-0.3, -0.25) is 4.98 Å². The van der Waals surface area contributed by atoms with E-state index in [1.807, 2.05) is 19.1 Å². The normalized spacial score (nSPS) is 10.1. The highest BCUT2D eigenvalue weighted by molar-refractivity contribution is 7.97. The molecular formula is C8H10ClNS. The van der Waals surface area contributed by atoms with Crippen molar-refractivity contribution in [3.8, 4) is 0 Å². The van der Waals surface area contributed by atoms with Crippen molar-refractivity contribution in [2.24, 2.45) is 0 Å². The van der Waals surface area contributed by atoms with E-state index in [-0.39, 0.29) is 0 Å². The van der Waals surface area contributed by atoms with E-state index in [1.165, 1.54) is 0 Å². The molecule has 0 N–H and O–H groups in total. The summed E-state index contributed by atoms with van der Waals surface area (Å²) < 4.78 is 0. The summed E-state index contributed by atoms with van der Waals surface area (Å²) in [5.74, 6) is 0.932. The van der Waals surface area contributed by atoms with Crippen LogP contribution in [0.5, 0.6) is 0 Å². The molecule has 0 aromatic carbocycles. The first-order chi connectivity index (χ1) is 5.22. The number of hydrogen-bond acceptors (Lipinski definition) is 2. The average Bonchev–Trinajstić information content (AvgIpc) is 1.85. The van der Waals surface area contributed by atoms with Crippen LogP contribution in [0, 0.1) is 6.92 Å². The van der Waals surface area contributed by atoms with Crippen LogP contribution >= 0.6 is 23.4 Å². The molecule has 3 heteroatoms. The van der Waals surface area contributed by atoms with Crippen LogP contribution in [0.25, 0.3) is 0 Å². The molecule has 0 saturated carbocycles. The summed E-state index contributed by atoms with van der Waals surface area (Å²) in [7, 11) is 0. The molecule has 0 amide bonds. The van der Waals surface area contributed by atoms with Gasteiger partial charge in [0.25, 0.3) is 0 Å². The SMILES string of the molecule is CSCc1cc(Cl)cc(C)n1. The zero-order valence-corrected chi connectivity index (χ0v) is 8.17. The van der Waals surface area contributed by atoms with Gasteiger partial charge in [0.15, 0.2) is 0 Å². The largest absolute Gasteiger partial charge is 0.257 e. The second-order valence-electron chi connectivity index (χ2n) is 2.35. The van der Waals surface area contributed by atoms with Gasteiger partial charge < -0.3 is 0 Å². The smallest absolute Gasteiger partial charge is 0.0520 e. The van der Waals surface area contributed by atoms with Gasteiger partial charge in [-0.2, -0.15) is 11.8 Å². The van der Waals surface area contributed by atoms with E-state index >= 15 is 0 Å². The van der Waals surface area contributed by atoms with E-state index < -0.39 is 0 Å². The maximum Gasteiger partial charge on any atom is 0.0520 e. The van der Waals surface area contributed by atoms with E-state index in [2.05, 4.69) is 11.2 Å². The first-order valence-electron chi connectivity index (χ1n) is 3.34. The maximum absolute atomic E-state index is 5.84. The standard InChI is InChI=1S/C8H10ClNS/c1-6-3-7(9)4-8(10-6)5-11-2/h3-4H,5H2,1-2H3. The first kappa shape index (κ1) is 8.88. The highest BCUT2D eigenvalue weighted by atomic mass is 35.5. The Morgan fingerprint density at radius 2 is 2.27 bits per heavy atom. The Balaban J connectivity index is 2.89. The maximum atomic E-state index is 5.84. The van der Waals surface area contributed by atoms with Crippen LogP contribution < -0.4 is 0 Å². The van der Waals surface area contributed by atoms with Crippen LogP contribution in [-0.2, 0) is 5.75 Å². The number of aromatic nitrogens is 1. The van der Waals surface area contributed by atoms with E-state index in [9.17, 15) is 0 Å². The molecule has 0 spiro atoms. The van der Waals surface area contributed by atoms with E-state index in [0.717, 1.165) is 22.2 Å². The molecule has 0 aliphatic carbocycles. The fraction of sp³-hybridized carbons (Fsp3) is 0.375. The molecule has 0 unspecified atom stereocenters. The minimum Gasteiger partial charge on any atom is -0.257 e. The van der Waals surface area contributed by atoms with Crippen molar-refractivity contribution < 1.29 is 0 Å². The number of pyridine rings is 1. The Bertz CT molecular complexity index is 230. The number of thioether (sulfide) groups is 1. The summed E-state index contributed by atoms with van der Waals surface area (Å²) in [5.41, 5.74) is 2.05. The van der Waals surface area contributed by atoms with Gasteiger partial charge in [-0.15, -0.1) is 0 Å².